The Hall–Kier alpha value is -1.17. The van der Waals surface area contributed by atoms with Crippen LogP contribution in [0.5, 0.6) is 0 Å². The van der Waals surface area contributed by atoms with E-state index in [1.807, 2.05) is 0 Å². The fraction of sp³-hybridized carbons (Fsp3) is 0.769. The maximum absolute atomic E-state index is 11.7. The van der Waals surface area contributed by atoms with Crippen LogP contribution >= 0.6 is 11.5 Å². The Kier molecular flexibility index (Phi) is 4.08. The third kappa shape index (κ3) is 3.23. The van der Waals surface area contributed by atoms with Crippen molar-refractivity contribution in [2.75, 3.05) is 25.0 Å². The van der Waals surface area contributed by atoms with Crippen LogP contribution in [-0.4, -0.2) is 35.4 Å². The standard InChI is InChI=1S/C13H22N4OS/c1-13(2,3)11-15-12(19-16-11)17-7-5-6-9(8-17)10(18)14-4/h9H,5-8H2,1-4H3,(H,14,18). The fourth-order valence-electron chi connectivity index (χ4n) is 2.22. The van der Waals surface area contributed by atoms with Crippen molar-refractivity contribution in [2.45, 2.75) is 39.0 Å². The Morgan fingerprint density at radius 1 is 1.47 bits per heavy atom. The lowest BCUT2D eigenvalue weighted by atomic mass is 9.96. The molecule has 2 rings (SSSR count). The first-order valence-corrected chi connectivity index (χ1v) is 7.50. The van der Waals surface area contributed by atoms with Crippen molar-refractivity contribution in [3.05, 3.63) is 5.82 Å². The maximum Gasteiger partial charge on any atom is 0.224 e. The highest BCUT2D eigenvalue weighted by atomic mass is 32.1. The van der Waals surface area contributed by atoms with Crippen LogP contribution < -0.4 is 10.2 Å². The lowest BCUT2D eigenvalue weighted by molar-refractivity contribution is -0.124. The van der Waals surface area contributed by atoms with Gasteiger partial charge >= 0.3 is 0 Å². The smallest absolute Gasteiger partial charge is 0.224 e. The number of anilines is 1. The molecule has 0 aromatic carbocycles. The number of piperidine rings is 1. The van der Waals surface area contributed by atoms with Crippen molar-refractivity contribution in [1.82, 2.24) is 14.7 Å². The van der Waals surface area contributed by atoms with E-state index in [9.17, 15) is 4.79 Å². The van der Waals surface area contributed by atoms with E-state index in [1.165, 1.54) is 11.5 Å². The molecule has 1 fully saturated rings. The summed E-state index contributed by atoms with van der Waals surface area (Å²) in [6.45, 7) is 8.05. The van der Waals surface area contributed by atoms with E-state index in [0.717, 1.165) is 36.9 Å². The van der Waals surface area contributed by atoms with Gasteiger partial charge in [0.2, 0.25) is 11.0 Å². The Morgan fingerprint density at radius 2 is 2.21 bits per heavy atom. The van der Waals surface area contributed by atoms with Gasteiger partial charge in [0.15, 0.2) is 0 Å². The first-order valence-electron chi connectivity index (χ1n) is 6.72. The number of aromatic nitrogens is 2. The topological polar surface area (TPSA) is 58.1 Å². The minimum absolute atomic E-state index is 0.0231. The van der Waals surface area contributed by atoms with E-state index in [2.05, 4.69) is 40.3 Å². The molecule has 1 aromatic rings. The molecule has 1 saturated heterocycles. The van der Waals surface area contributed by atoms with E-state index in [-0.39, 0.29) is 17.2 Å². The number of rotatable bonds is 2. The van der Waals surface area contributed by atoms with Gasteiger partial charge in [-0.25, -0.2) is 4.98 Å². The number of hydrogen-bond donors (Lipinski definition) is 1. The predicted molar refractivity (Wildman–Crippen MR) is 77.6 cm³/mol. The molecule has 0 bridgehead atoms. The zero-order valence-electron chi connectivity index (χ0n) is 12.1. The third-order valence-electron chi connectivity index (χ3n) is 3.40. The quantitative estimate of drug-likeness (QED) is 0.898. The van der Waals surface area contributed by atoms with Gasteiger partial charge in [0, 0.05) is 37.1 Å². The summed E-state index contributed by atoms with van der Waals surface area (Å²) < 4.78 is 4.44. The number of nitrogens with one attached hydrogen (secondary N) is 1. The van der Waals surface area contributed by atoms with Gasteiger partial charge in [0.25, 0.3) is 0 Å². The monoisotopic (exact) mass is 282 g/mol. The summed E-state index contributed by atoms with van der Waals surface area (Å²) in [6, 6.07) is 0. The van der Waals surface area contributed by atoms with Crippen molar-refractivity contribution in [2.24, 2.45) is 5.92 Å². The molecule has 1 unspecified atom stereocenters. The molecule has 1 aliphatic heterocycles. The number of hydrogen-bond acceptors (Lipinski definition) is 5. The van der Waals surface area contributed by atoms with E-state index >= 15 is 0 Å². The van der Waals surface area contributed by atoms with E-state index < -0.39 is 0 Å². The zero-order chi connectivity index (χ0) is 14.0. The molecule has 0 saturated carbocycles. The summed E-state index contributed by atoms with van der Waals surface area (Å²) in [5.41, 5.74) is -0.0231. The Labute approximate surface area is 118 Å². The molecule has 106 valence electrons. The average molecular weight is 282 g/mol. The van der Waals surface area contributed by atoms with Crippen LogP contribution in [0.25, 0.3) is 0 Å². The number of carbonyl (C=O) groups is 1. The first kappa shape index (κ1) is 14.2. The van der Waals surface area contributed by atoms with Crippen LogP contribution in [0.2, 0.25) is 0 Å². The number of carbonyl (C=O) groups excluding carboxylic acids is 1. The molecule has 19 heavy (non-hydrogen) atoms. The summed E-state index contributed by atoms with van der Waals surface area (Å²) in [7, 11) is 1.70. The molecule has 6 heteroatoms. The lowest BCUT2D eigenvalue weighted by Gasteiger charge is -2.31. The molecular weight excluding hydrogens is 260 g/mol. The van der Waals surface area contributed by atoms with Crippen molar-refractivity contribution in [3.8, 4) is 0 Å². The molecule has 0 aliphatic carbocycles. The van der Waals surface area contributed by atoms with E-state index in [1.54, 1.807) is 7.05 Å². The summed E-state index contributed by atoms with van der Waals surface area (Å²) in [6.07, 6.45) is 1.99. The molecular formula is C13H22N4OS. The van der Waals surface area contributed by atoms with Crippen LogP contribution in [0.15, 0.2) is 0 Å². The molecule has 1 amide bonds. The van der Waals surface area contributed by atoms with Gasteiger partial charge in [-0.1, -0.05) is 20.8 Å². The molecule has 1 N–H and O–H groups in total. The normalized spacial score (nSPS) is 20.4. The maximum atomic E-state index is 11.7. The van der Waals surface area contributed by atoms with Gasteiger partial charge in [-0.3, -0.25) is 4.79 Å². The SMILES string of the molecule is CNC(=O)C1CCCN(c2nc(C(C)(C)C)ns2)C1. The number of amides is 1. The summed E-state index contributed by atoms with van der Waals surface area (Å²) in [4.78, 5) is 18.6. The van der Waals surface area contributed by atoms with Crippen molar-refractivity contribution >= 4 is 22.6 Å². The molecule has 2 heterocycles. The van der Waals surface area contributed by atoms with Gasteiger partial charge in [0.1, 0.15) is 5.82 Å². The highest BCUT2D eigenvalue weighted by Crippen LogP contribution is 2.28. The largest absolute Gasteiger partial charge is 0.359 e. The fourth-order valence-corrected chi connectivity index (χ4v) is 3.11. The Bertz CT molecular complexity index is 452. The first-order chi connectivity index (χ1) is 8.91. The predicted octanol–water partition coefficient (Wildman–Crippen LogP) is 1.80. The summed E-state index contributed by atoms with van der Waals surface area (Å²) in [5.74, 6) is 1.08. The third-order valence-corrected chi connectivity index (χ3v) is 4.17. The van der Waals surface area contributed by atoms with E-state index in [4.69, 9.17) is 0 Å². The van der Waals surface area contributed by atoms with Crippen LogP contribution in [0.1, 0.15) is 39.4 Å². The van der Waals surface area contributed by atoms with Gasteiger partial charge in [0.05, 0.1) is 5.92 Å². The van der Waals surface area contributed by atoms with Gasteiger partial charge < -0.3 is 10.2 Å². The molecule has 0 spiro atoms. The van der Waals surface area contributed by atoms with Crippen molar-refractivity contribution < 1.29 is 4.79 Å². The second-order valence-electron chi connectivity index (χ2n) is 6.05. The summed E-state index contributed by atoms with van der Waals surface area (Å²) >= 11 is 1.44. The highest BCUT2D eigenvalue weighted by Gasteiger charge is 2.28. The minimum atomic E-state index is -0.0231. The second kappa shape index (κ2) is 5.45. The van der Waals surface area contributed by atoms with Crippen LogP contribution in [-0.2, 0) is 10.2 Å². The van der Waals surface area contributed by atoms with Gasteiger partial charge in [-0.05, 0) is 12.8 Å². The lowest BCUT2D eigenvalue weighted by Crippen LogP contribution is -2.42. The Balaban J connectivity index is 2.09. The molecule has 1 atom stereocenters. The number of nitrogens with zero attached hydrogens (tertiary/aromatic N) is 3. The molecule has 0 radical (unpaired) electrons. The zero-order valence-corrected chi connectivity index (χ0v) is 12.9. The van der Waals surface area contributed by atoms with Crippen molar-refractivity contribution in [1.29, 1.82) is 0 Å². The van der Waals surface area contributed by atoms with Crippen molar-refractivity contribution in [3.63, 3.8) is 0 Å². The van der Waals surface area contributed by atoms with Crippen LogP contribution in [0, 0.1) is 5.92 Å². The van der Waals surface area contributed by atoms with Gasteiger partial charge in [-0.2, -0.15) is 4.37 Å². The summed E-state index contributed by atoms with van der Waals surface area (Å²) in [5, 5.41) is 3.68. The molecule has 1 aliphatic rings. The van der Waals surface area contributed by atoms with E-state index in [0.29, 0.717) is 0 Å². The highest BCUT2D eigenvalue weighted by molar-refractivity contribution is 7.09. The average Bonchev–Trinajstić information content (AvgIpc) is 2.87. The molecule has 5 nitrogen and oxygen atoms in total. The van der Waals surface area contributed by atoms with Gasteiger partial charge in [-0.15, -0.1) is 0 Å². The minimum Gasteiger partial charge on any atom is -0.359 e. The van der Waals surface area contributed by atoms with Crippen LogP contribution in [0.3, 0.4) is 0 Å². The molecule has 1 aromatic heterocycles. The second-order valence-corrected chi connectivity index (χ2v) is 6.78. The van der Waals surface area contributed by atoms with Crippen LogP contribution in [0.4, 0.5) is 5.13 Å². The Morgan fingerprint density at radius 3 is 2.79 bits per heavy atom.